The summed E-state index contributed by atoms with van der Waals surface area (Å²) in [7, 11) is 0. The molecule has 106 valence electrons. The third kappa shape index (κ3) is 4.94. The van der Waals surface area contributed by atoms with E-state index in [0.717, 1.165) is 18.2 Å². The van der Waals surface area contributed by atoms with E-state index in [-0.39, 0.29) is 23.6 Å². The molecule has 2 nitrogen and oxygen atoms in total. The molecule has 0 fully saturated rings. The average Bonchev–Trinajstić information content (AvgIpc) is 2.41. The number of hydrogen-bond donors (Lipinski definition) is 1. The van der Waals surface area contributed by atoms with Crippen LogP contribution in [0.15, 0.2) is 24.3 Å². The quantitative estimate of drug-likeness (QED) is 0.759. The molecule has 1 aromatic rings. The lowest BCUT2D eigenvalue weighted by Gasteiger charge is -2.29. The third-order valence-corrected chi connectivity index (χ3v) is 4.89. The van der Waals surface area contributed by atoms with Gasteiger partial charge in [-0.2, -0.15) is 0 Å². The van der Waals surface area contributed by atoms with E-state index in [1.165, 1.54) is 12.1 Å². The summed E-state index contributed by atoms with van der Waals surface area (Å²) in [5.41, 5.74) is 0.812. The first-order chi connectivity index (χ1) is 9.05. The van der Waals surface area contributed by atoms with Gasteiger partial charge in [0.05, 0.1) is 6.42 Å². The maximum Gasteiger partial charge on any atom is 0.224 e. The Morgan fingerprint density at radius 2 is 2.05 bits per heavy atom. The lowest BCUT2D eigenvalue weighted by Crippen LogP contribution is -2.38. The standard InChI is InChI=1S/C15H21BrFNO/c1-3-15(4-2,10-16)11-18-14(19)9-12-6-5-7-13(17)8-12/h5-8H,3-4,9-11H2,1-2H3,(H,18,19). The van der Waals surface area contributed by atoms with E-state index < -0.39 is 0 Å². The van der Waals surface area contributed by atoms with E-state index in [0.29, 0.717) is 12.1 Å². The van der Waals surface area contributed by atoms with E-state index in [9.17, 15) is 9.18 Å². The van der Waals surface area contributed by atoms with Crippen LogP contribution < -0.4 is 5.32 Å². The lowest BCUT2D eigenvalue weighted by molar-refractivity contribution is -0.120. The van der Waals surface area contributed by atoms with Crippen molar-refractivity contribution in [3.63, 3.8) is 0 Å². The molecule has 0 saturated heterocycles. The maximum atomic E-state index is 13.0. The predicted octanol–water partition coefficient (Wildman–Crippen LogP) is 3.69. The Balaban J connectivity index is 2.52. The summed E-state index contributed by atoms with van der Waals surface area (Å²) in [4.78, 5) is 11.9. The zero-order chi connectivity index (χ0) is 14.3. The topological polar surface area (TPSA) is 29.1 Å². The number of hydrogen-bond acceptors (Lipinski definition) is 1. The van der Waals surface area contributed by atoms with Crippen molar-refractivity contribution < 1.29 is 9.18 Å². The van der Waals surface area contributed by atoms with E-state index in [2.05, 4.69) is 35.1 Å². The van der Waals surface area contributed by atoms with Crippen LogP contribution in [0.1, 0.15) is 32.3 Å². The predicted molar refractivity (Wildman–Crippen MR) is 79.9 cm³/mol. The highest BCUT2D eigenvalue weighted by Crippen LogP contribution is 2.27. The minimum absolute atomic E-state index is 0.0576. The van der Waals surface area contributed by atoms with Crippen molar-refractivity contribution in [1.82, 2.24) is 5.32 Å². The van der Waals surface area contributed by atoms with Gasteiger partial charge < -0.3 is 5.32 Å². The molecule has 0 aliphatic heterocycles. The Hall–Kier alpha value is -0.900. The molecule has 0 saturated carbocycles. The normalized spacial score (nSPS) is 11.4. The van der Waals surface area contributed by atoms with Gasteiger partial charge in [-0.25, -0.2) is 4.39 Å². The number of alkyl halides is 1. The van der Waals surface area contributed by atoms with Gasteiger partial charge in [0, 0.05) is 11.9 Å². The highest BCUT2D eigenvalue weighted by atomic mass is 79.9. The Bertz CT molecular complexity index is 410. The van der Waals surface area contributed by atoms with Crippen LogP contribution in [0.3, 0.4) is 0 Å². The number of benzene rings is 1. The maximum absolute atomic E-state index is 13.0. The van der Waals surface area contributed by atoms with Gasteiger partial charge in [-0.1, -0.05) is 41.9 Å². The van der Waals surface area contributed by atoms with Crippen molar-refractivity contribution >= 4 is 21.8 Å². The van der Waals surface area contributed by atoms with Crippen LogP contribution in [0.25, 0.3) is 0 Å². The van der Waals surface area contributed by atoms with Gasteiger partial charge in [0.1, 0.15) is 5.82 Å². The number of carbonyl (C=O) groups is 1. The highest BCUT2D eigenvalue weighted by molar-refractivity contribution is 9.09. The molecule has 0 heterocycles. The second-order valence-corrected chi connectivity index (χ2v) is 5.48. The van der Waals surface area contributed by atoms with E-state index in [4.69, 9.17) is 0 Å². The van der Waals surface area contributed by atoms with Crippen molar-refractivity contribution in [1.29, 1.82) is 0 Å². The zero-order valence-electron chi connectivity index (χ0n) is 11.5. The summed E-state index contributed by atoms with van der Waals surface area (Å²) < 4.78 is 13.0. The zero-order valence-corrected chi connectivity index (χ0v) is 13.1. The lowest BCUT2D eigenvalue weighted by atomic mass is 9.84. The van der Waals surface area contributed by atoms with Gasteiger partial charge in [-0.05, 0) is 36.0 Å². The Morgan fingerprint density at radius 1 is 1.37 bits per heavy atom. The molecule has 19 heavy (non-hydrogen) atoms. The summed E-state index contributed by atoms with van der Waals surface area (Å²) in [5.74, 6) is -0.361. The number of halogens is 2. The molecule has 1 N–H and O–H groups in total. The highest BCUT2D eigenvalue weighted by Gasteiger charge is 2.25. The summed E-state index contributed by atoms with van der Waals surface area (Å²) in [5, 5.41) is 3.82. The SMILES string of the molecule is CCC(CC)(CBr)CNC(=O)Cc1cccc(F)c1. The van der Waals surface area contributed by atoms with Gasteiger partial charge in [-0.15, -0.1) is 0 Å². The van der Waals surface area contributed by atoms with Gasteiger partial charge in [0.25, 0.3) is 0 Å². The number of nitrogens with one attached hydrogen (secondary N) is 1. The van der Waals surface area contributed by atoms with Crippen molar-refractivity contribution in [3.8, 4) is 0 Å². The molecule has 0 radical (unpaired) electrons. The molecule has 0 bridgehead atoms. The van der Waals surface area contributed by atoms with Crippen molar-refractivity contribution in [3.05, 3.63) is 35.6 Å². The molecule has 0 aromatic heterocycles. The van der Waals surface area contributed by atoms with Crippen LogP contribution in [0.4, 0.5) is 4.39 Å². The summed E-state index contributed by atoms with van der Waals surface area (Å²) in [6.07, 6.45) is 2.24. The summed E-state index contributed by atoms with van der Waals surface area (Å²) in [6.45, 7) is 4.91. The van der Waals surface area contributed by atoms with Crippen molar-refractivity contribution in [2.75, 3.05) is 11.9 Å². The molecule has 1 aromatic carbocycles. The molecule has 0 aliphatic rings. The first kappa shape index (κ1) is 16.2. The molecular formula is C15H21BrFNO. The van der Waals surface area contributed by atoms with Crippen LogP contribution in [-0.4, -0.2) is 17.8 Å². The molecule has 1 rings (SSSR count). The van der Waals surface area contributed by atoms with E-state index in [1.54, 1.807) is 12.1 Å². The molecular weight excluding hydrogens is 309 g/mol. The van der Waals surface area contributed by atoms with Crippen LogP contribution in [-0.2, 0) is 11.2 Å². The monoisotopic (exact) mass is 329 g/mol. The van der Waals surface area contributed by atoms with Gasteiger partial charge in [0.2, 0.25) is 5.91 Å². The second-order valence-electron chi connectivity index (χ2n) is 4.92. The second kappa shape index (κ2) is 7.63. The smallest absolute Gasteiger partial charge is 0.224 e. The van der Waals surface area contributed by atoms with E-state index in [1.807, 2.05) is 0 Å². The van der Waals surface area contributed by atoms with E-state index >= 15 is 0 Å². The molecule has 0 aliphatic carbocycles. The third-order valence-electron chi connectivity index (χ3n) is 3.70. The fraction of sp³-hybridized carbons (Fsp3) is 0.533. The molecule has 0 unspecified atom stereocenters. The molecule has 0 atom stereocenters. The minimum atomic E-state index is -0.303. The molecule has 0 spiro atoms. The van der Waals surface area contributed by atoms with Crippen LogP contribution in [0.5, 0.6) is 0 Å². The molecule has 4 heteroatoms. The van der Waals surface area contributed by atoms with Crippen LogP contribution in [0, 0.1) is 11.2 Å². The van der Waals surface area contributed by atoms with Crippen molar-refractivity contribution in [2.24, 2.45) is 5.41 Å². The average molecular weight is 330 g/mol. The van der Waals surface area contributed by atoms with Gasteiger partial charge in [-0.3, -0.25) is 4.79 Å². The first-order valence-corrected chi connectivity index (χ1v) is 7.74. The molecule has 1 amide bonds. The Labute approximate surface area is 122 Å². The van der Waals surface area contributed by atoms with Crippen molar-refractivity contribution in [2.45, 2.75) is 33.1 Å². The van der Waals surface area contributed by atoms with Gasteiger partial charge in [0.15, 0.2) is 0 Å². The Morgan fingerprint density at radius 3 is 2.58 bits per heavy atom. The Kier molecular flexibility index (Phi) is 6.49. The summed E-state index contributed by atoms with van der Waals surface area (Å²) >= 11 is 3.52. The number of rotatable bonds is 7. The fourth-order valence-corrected chi connectivity index (χ4v) is 2.91. The van der Waals surface area contributed by atoms with Gasteiger partial charge >= 0.3 is 0 Å². The van der Waals surface area contributed by atoms with Crippen LogP contribution >= 0.6 is 15.9 Å². The summed E-state index contributed by atoms with van der Waals surface area (Å²) in [6, 6.07) is 6.17. The number of amides is 1. The van der Waals surface area contributed by atoms with Crippen LogP contribution in [0.2, 0.25) is 0 Å². The largest absolute Gasteiger partial charge is 0.355 e. The first-order valence-electron chi connectivity index (χ1n) is 6.62. The number of carbonyl (C=O) groups excluding carboxylic acids is 1. The minimum Gasteiger partial charge on any atom is -0.355 e. The fourth-order valence-electron chi connectivity index (χ4n) is 1.92.